The van der Waals surface area contributed by atoms with Crippen molar-refractivity contribution in [3.8, 4) is 0 Å². The van der Waals surface area contributed by atoms with Gasteiger partial charge in [-0.25, -0.2) is 4.98 Å². The molecule has 1 atom stereocenters. The second-order valence-corrected chi connectivity index (χ2v) is 5.73. The fraction of sp³-hybridized carbons (Fsp3) is 0.600. The van der Waals surface area contributed by atoms with Gasteiger partial charge in [0.15, 0.2) is 5.65 Å². The van der Waals surface area contributed by atoms with Crippen molar-refractivity contribution >= 4 is 11.5 Å². The van der Waals surface area contributed by atoms with Crippen molar-refractivity contribution in [2.24, 2.45) is 0 Å². The van der Waals surface area contributed by atoms with E-state index in [2.05, 4.69) is 39.9 Å². The number of hydrogen-bond donors (Lipinski definition) is 0. The van der Waals surface area contributed by atoms with E-state index < -0.39 is 0 Å². The van der Waals surface area contributed by atoms with Gasteiger partial charge in [-0.3, -0.25) is 4.90 Å². The number of likely N-dealkylation sites (N-methyl/N-ethyl adjacent to an activating group) is 1. The molecule has 0 aliphatic carbocycles. The zero-order valence-corrected chi connectivity index (χ0v) is 13.0. The molecule has 0 N–H and O–H groups in total. The van der Waals surface area contributed by atoms with E-state index in [1.807, 2.05) is 17.5 Å². The summed E-state index contributed by atoms with van der Waals surface area (Å²) in [5.41, 5.74) is 1.92. The van der Waals surface area contributed by atoms with Crippen molar-refractivity contribution in [3.05, 3.63) is 24.0 Å². The quantitative estimate of drug-likeness (QED) is 0.846. The molecule has 3 rings (SSSR count). The molecule has 1 aliphatic heterocycles. The van der Waals surface area contributed by atoms with Crippen molar-refractivity contribution in [2.75, 3.05) is 44.8 Å². The average Bonchev–Trinajstić information content (AvgIpc) is 2.95. The number of nitrogens with zero attached hydrogens (tertiary/aromatic N) is 5. The van der Waals surface area contributed by atoms with E-state index in [9.17, 15) is 0 Å². The molecule has 0 unspecified atom stereocenters. The maximum Gasteiger partial charge on any atom is 0.157 e. The maximum atomic E-state index is 5.42. The molecule has 1 saturated heterocycles. The molecule has 0 radical (unpaired) electrons. The Hall–Kier alpha value is -1.66. The first-order valence-electron chi connectivity index (χ1n) is 7.49. The first-order chi connectivity index (χ1) is 10.1. The lowest BCUT2D eigenvalue weighted by Gasteiger charge is -2.35. The fourth-order valence-electron chi connectivity index (χ4n) is 2.91. The Morgan fingerprint density at radius 3 is 2.90 bits per heavy atom. The number of anilines is 1. The van der Waals surface area contributed by atoms with E-state index >= 15 is 0 Å². The van der Waals surface area contributed by atoms with E-state index in [0.717, 1.165) is 50.0 Å². The Bertz CT molecular complexity index is 605. The number of aryl methyl sites for hydroxylation is 1. The maximum absolute atomic E-state index is 5.42. The molecular formula is C15H23N5O. The first kappa shape index (κ1) is 14.3. The summed E-state index contributed by atoms with van der Waals surface area (Å²) >= 11 is 0. The van der Waals surface area contributed by atoms with Gasteiger partial charge in [0, 0.05) is 50.6 Å². The summed E-state index contributed by atoms with van der Waals surface area (Å²) in [6.07, 6.45) is 1.80. The minimum absolute atomic E-state index is 0.484. The summed E-state index contributed by atoms with van der Waals surface area (Å²) in [5, 5.41) is 4.38. The summed E-state index contributed by atoms with van der Waals surface area (Å²) < 4.78 is 7.33. The van der Waals surface area contributed by atoms with Gasteiger partial charge in [-0.2, -0.15) is 9.61 Å². The van der Waals surface area contributed by atoms with Crippen LogP contribution in [0.25, 0.3) is 5.65 Å². The standard InChI is InChI=1S/C15H23N5O/c1-12-10-15(20-14(17-12)4-5-16-20)18(3)11-13(2)19-6-8-21-9-7-19/h4-5,10,13H,6-9,11H2,1-3H3/t13-/m0/s1. The van der Waals surface area contributed by atoms with Gasteiger partial charge in [-0.05, 0) is 13.8 Å². The van der Waals surface area contributed by atoms with Gasteiger partial charge in [-0.1, -0.05) is 0 Å². The lowest BCUT2D eigenvalue weighted by atomic mass is 10.2. The average molecular weight is 289 g/mol. The van der Waals surface area contributed by atoms with E-state index in [-0.39, 0.29) is 0 Å². The van der Waals surface area contributed by atoms with Gasteiger partial charge >= 0.3 is 0 Å². The van der Waals surface area contributed by atoms with Crippen LogP contribution in [0.1, 0.15) is 12.6 Å². The third kappa shape index (κ3) is 3.01. The van der Waals surface area contributed by atoms with Crippen molar-refractivity contribution in [2.45, 2.75) is 19.9 Å². The Morgan fingerprint density at radius 1 is 1.38 bits per heavy atom. The van der Waals surface area contributed by atoms with Gasteiger partial charge in [-0.15, -0.1) is 0 Å². The highest BCUT2D eigenvalue weighted by molar-refractivity contribution is 5.50. The molecule has 2 aromatic heterocycles. The largest absolute Gasteiger partial charge is 0.379 e. The molecule has 2 aromatic rings. The summed E-state index contributed by atoms with van der Waals surface area (Å²) in [7, 11) is 2.12. The second-order valence-electron chi connectivity index (χ2n) is 5.73. The lowest BCUT2D eigenvalue weighted by Crippen LogP contribution is -2.47. The minimum atomic E-state index is 0.484. The number of morpholine rings is 1. The van der Waals surface area contributed by atoms with E-state index in [0.29, 0.717) is 6.04 Å². The molecule has 6 heteroatoms. The number of hydrogen-bond acceptors (Lipinski definition) is 5. The highest BCUT2D eigenvalue weighted by Crippen LogP contribution is 2.17. The number of fused-ring (bicyclic) bond motifs is 1. The van der Waals surface area contributed by atoms with Crippen LogP contribution >= 0.6 is 0 Å². The van der Waals surface area contributed by atoms with E-state index in [1.165, 1.54) is 0 Å². The van der Waals surface area contributed by atoms with Crippen LogP contribution < -0.4 is 4.90 Å². The predicted octanol–water partition coefficient (Wildman–Crippen LogP) is 1.19. The van der Waals surface area contributed by atoms with Crippen molar-refractivity contribution in [1.82, 2.24) is 19.5 Å². The summed E-state index contributed by atoms with van der Waals surface area (Å²) in [5.74, 6) is 1.09. The predicted molar refractivity (Wildman–Crippen MR) is 82.8 cm³/mol. The smallest absolute Gasteiger partial charge is 0.157 e. The summed E-state index contributed by atoms with van der Waals surface area (Å²) in [6, 6.07) is 4.51. The van der Waals surface area contributed by atoms with E-state index in [1.54, 1.807) is 6.20 Å². The molecule has 6 nitrogen and oxygen atoms in total. The number of rotatable bonds is 4. The Labute approximate surface area is 125 Å². The minimum Gasteiger partial charge on any atom is -0.379 e. The topological polar surface area (TPSA) is 45.9 Å². The van der Waals surface area contributed by atoms with Crippen LogP contribution in [-0.4, -0.2) is 65.4 Å². The van der Waals surface area contributed by atoms with Crippen LogP contribution in [0.2, 0.25) is 0 Å². The van der Waals surface area contributed by atoms with Crippen molar-refractivity contribution in [1.29, 1.82) is 0 Å². The molecule has 0 amide bonds. The van der Waals surface area contributed by atoms with Crippen molar-refractivity contribution < 1.29 is 4.74 Å². The summed E-state index contributed by atoms with van der Waals surface area (Å²) in [6.45, 7) is 8.96. The van der Waals surface area contributed by atoms with Crippen molar-refractivity contribution in [3.63, 3.8) is 0 Å². The normalized spacial score (nSPS) is 18.0. The van der Waals surface area contributed by atoms with Crippen LogP contribution in [0, 0.1) is 6.92 Å². The van der Waals surface area contributed by atoms with Crippen LogP contribution in [0.4, 0.5) is 5.82 Å². The van der Waals surface area contributed by atoms with Gasteiger partial charge in [0.2, 0.25) is 0 Å². The molecule has 0 spiro atoms. The van der Waals surface area contributed by atoms with Gasteiger partial charge in [0.05, 0.1) is 19.4 Å². The summed E-state index contributed by atoms with van der Waals surface area (Å²) in [4.78, 5) is 9.23. The van der Waals surface area contributed by atoms with E-state index in [4.69, 9.17) is 4.74 Å². The van der Waals surface area contributed by atoms with Crippen LogP contribution in [0.3, 0.4) is 0 Å². The Balaban J connectivity index is 1.77. The highest BCUT2D eigenvalue weighted by Gasteiger charge is 2.19. The van der Waals surface area contributed by atoms with Crippen LogP contribution in [0.5, 0.6) is 0 Å². The zero-order valence-electron chi connectivity index (χ0n) is 13.0. The lowest BCUT2D eigenvalue weighted by molar-refractivity contribution is 0.0217. The zero-order chi connectivity index (χ0) is 14.8. The Morgan fingerprint density at radius 2 is 2.14 bits per heavy atom. The van der Waals surface area contributed by atoms with Gasteiger partial charge < -0.3 is 9.64 Å². The molecule has 0 bridgehead atoms. The molecular weight excluding hydrogens is 266 g/mol. The molecule has 21 heavy (non-hydrogen) atoms. The Kier molecular flexibility index (Phi) is 4.07. The molecule has 1 fully saturated rings. The van der Waals surface area contributed by atoms with Gasteiger partial charge in [0.25, 0.3) is 0 Å². The third-order valence-corrected chi connectivity index (χ3v) is 4.07. The molecule has 0 aromatic carbocycles. The molecule has 114 valence electrons. The van der Waals surface area contributed by atoms with Crippen LogP contribution in [0.15, 0.2) is 18.3 Å². The number of ether oxygens (including phenoxy) is 1. The monoisotopic (exact) mass is 289 g/mol. The third-order valence-electron chi connectivity index (χ3n) is 4.07. The highest BCUT2D eigenvalue weighted by atomic mass is 16.5. The SMILES string of the molecule is Cc1cc(N(C)C[C@H](C)N2CCOCC2)n2nccc2n1. The number of aromatic nitrogens is 3. The molecule has 0 saturated carbocycles. The van der Waals surface area contributed by atoms with Gasteiger partial charge in [0.1, 0.15) is 5.82 Å². The second kappa shape index (κ2) is 5.99. The molecule has 3 heterocycles. The molecule has 1 aliphatic rings. The first-order valence-corrected chi connectivity index (χ1v) is 7.49. The fourth-order valence-corrected chi connectivity index (χ4v) is 2.91. The van der Waals surface area contributed by atoms with Crippen LogP contribution in [-0.2, 0) is 4.74 Å².